The van der Waals surface area contributed by atoms with Crippen molar-refractivity contribution in [1.82, 2.24) is 4.90 Å². The van der Waals surface area contributed by atoms with E-state index >= 15 is 0 Å². The van der Waals surface area contributed by atoms with E-state index in [4.69, 9.17) is 34.8 Å². The molecule has 0 radical (unpaired) electrons. The van der Waals surface area contributed by atoms with E-state index in [1.54, 1.807) is 6.08 Å². The minimum Gasteiger partial charge on any atom is -0.508 e. The van der Waals surface area contributed by atoms with Gasteiger partial charge >= 0.3 is 5.97 Å². The zero-order valence-corrected chi connectivity index (χ0v) is 25.1. The molecule has 3 N–H and O–H groups in total. The van der Waals surface area contributed by atoms with Gasteiger partial charge in [-0.05, 0) is 49.1 Å². The molecule has 0 aromatic heterocycles. The van der Waals surface area contributed by atoms with Crippen LogP contribution in [0.1, 0.15) is 34.7 Å². The monoisotopic (exact) mass is 696 g/mol. The number of benzene rings is 2. The summed E-state index contributed by atoms with van der Waals surface area (Å²) in [6.07, 6.45) is 1.51. The number of fused-ring (bicyclic) bond motifs is 4. The first kappa shape index (κ1) is 29.0. The van der Waals surface area contributed by atoms with Crippen LogP contribution in [0.2, 0.25) is 5.02 Å². The predicted octanol–water partition coefficient (Wildman–Crippen LogP) is 4.37. The van der Waals surface area contributed by atoms with E-state index in [1.165, 1.54) is 24.3 Å². The van der Waals surface area contributed by atoms with Gasteiger partial charge in [0.15, 0.2) is 9.75 Å². The molecular weight excluding hydrogens is 679 g/mol. The van der Waals surface area contributed by atoms with Crippen LogP contribution in [0.3, 0.4) is 0 Å². The summed E-state index contributed by atoms with van der Waals surface area (Å²) in [6.45, 7) is 0. The Labute approximate surface area is 261 Å². The van der Waals surface area contributed by atoms with E-state index in [-0.39, 0.29) is 40.3 Å². The second-order valence-corrected chi connectivity index (χ2v) is 12.9. The molecule has 10 nitrogen and oxygen atoms in total. The Morgan fingerprint density at radius 2 is 1.69 bits per heavy atom. The molecule has 2 aromatic rings. The van der Waals surface area contributed by atoms with Gasteiger partial charge in [0.25, 0.3) is 11.8 Å². The van der Waals surface area contributed by atoms with E-state index in [0.717, 1.165) is 21.9 Å². The molecule has 2 aromatic carbocycles. The number of allylic oxidation sites excluding steroid dienone is 2. The first-order valence-corrected chi connectivity index (χ1v) is 15.0. The number of aromatic carboxylic acids is 1. The lowest BCUT2D eigenvalue weighted by molar-refractivity contribution is -0.138. The van der Waals surface area contributed by atoms with Crippen LogP contribution in [0.15, 0.2) is 48.0 Å². The number of phenolic OH excluding ortho intramolecular Hbond substituents is 1. The minimum absolute atomic E-state index is 0.0202. The van der Waals surface area contributed by atoms with Crippen molar-refractivity contribution in [3.8, 4) is 11.5 Å². The Balaban J connectivity index is 1.51. The maximum Gasteiger partial charge on any atom is 0.339 e. The smallest absolute Gasteiger partial charge is 0.339 e. The molecule has 4 amide bonds. The minimum atomic E-state index is -2.10. The number of alkyl halides is 3. The second kappa shape index (κ2) is 9.70. The number of carbonyl (C=O) groups excluding carboxylic acids is 4. The van der Waals surface area contributed by atoms with Crippen molar-refractivity contribution in [2.24, 2.45) is 17.8 Å². The fourth-order valence-electron chi connectivity index (χ4n) is 6.95. The van der Waals surface area contributed by atoms with Crippen molar-refractivity contribution in [1.29, 1.82) is 0 Å². The van der Waals surface area contributed by atoms with Gasteiger partial charge in [0.05, 0.1) is 23.0 Å². The highest BCUT2D eigenvalue weighted by Gasteiger charge is 2.76. The average molecular weight is 699 g/mol. The van der Waals surface area contributed by atoms with E-state index in [0.29, 0.717) is 5.57 Å². The Bertz CT molecular complexity index is 1670. The number of aromatic hydroxyl groups is 2. The van der Waals surface area contributed by atoms with E-state index < -0.39 is 74.3 Å². The number of hydrogen-bond donors (Lipinski definition) is 3. The number of carboxylic acid groups (broad SMARTS) is 1. The third-order valence-electron chi connectivity index (χ3n) is 8.79. The second-order valence-electron chi connectivity index (χ2n) is 10.7. The normalized spacial score (nSPS) is 32.0. The van der Waals surface area contributed by atoms with Crippen molar-refractivity contribution in [3.05, 3.63) is 64.2 Å². The fraction of sp³-hybridized carbons (Fsp3) is 0.321. The van der Waals surface area contributed by atoms with Crippen LogP contribution in [-0.2, 0) is 19.2 Å². The number of likely N-dealkylation sites (tertiary alicyclic amines) is 1. The molecule has 42 heavy (non-hydrogen) atoms. The van der Waals surface area contributed by atoms with Crippen molar-refractivity contribution >= 4 is 86.0 Å². The first-order chi connectivity index (χ1) is 19.8. The molecule has 1 saturated carbocycles. The molecule has 2 aliphatic heterocycles. The van der Waals surface area contributed by atoms with Gasteiger partial charge in [0.2, 0.25) is 11.8 Å². The van der Waals surface area contributed by atoms with Gasteiger partial charge in [0.1, 0.15) is 17.1 Å². The summed E-state index contributed by atoms with van der Waals surface area (Å²) in [6, 6.07) is 7.55. The molecule has 0 unspecified atom stereocenters. The van der Waals surface area contributed by atoms with Crippen LogP contribution in [0.4, 0.5) is 5.69 Å². The lowest BCUT2D eigenvalue weighted by Gasteiger charge is -2.50. The molecule has 0 bridgehead atoms. The fourth-order valence-corrected chi connectivity index (χ4v) is 8.55. The Hall–Kier alpha value is -3.12. The molecule has 6 rings (SSSR count). The summed E-state index contributed by atoms with van der Waals surface area (Å²) >= 11 is 23.7. The van der Waals surface area contributed by atoms with Crippen LogP contribution in [0, 0.1) is 17.8 Å². The number of carbonyl (C=O) groups is 5. The summed E-state index contributed by atoms with van der Waals surface area (Å²) in [5, 5.41) is 30.6. The van der Waals surface area contributed by atoms with Gasteiger partial charge in [-0.1, -0.05) is 39.2 Å². The number of carboxylic acids is 1. The van der Waals surface area contributed by atoms with Gasteiger partial charge < -0.3 is 15.3 Å². The number of rotatable bonds is 4. The quantitative estimate of drug-likeness (QED) is 0.184. The summed E-state index contributed by atoms with van der Waals surface area (Å²) < 4.78 is 0. The summed E-state index contributed by atoms with van der Waals surface area (Å²) in [5.41, 5.74) is -0.0206. The molecule has 2 saturated heterocycles. The van der Waals surface area contributed by atoms with E-state index in [1.807, 2.05) is 0 Å². The number of anilines is 1. The van der Waals surface area contributed by atoms with Crippen LogP contribution < -0.4 is 4.90 Å². The molecule has 14 heteroatoms. The highest BCUT2D eigenvalue weighted by molar-refractivity contribution is 9.09. The van der Waals surface area contributed by atoms with Crippen LogP contribution in [0.5, 0.6) is 11.5 Å². The molecule has 2 heterocycles. The van der Waals surface area contributed by atoms with Crippen molar-refractivity contribution < 1.29 is 39.3 Å². The molecule has 3 fully saturated rings. The van der Waals surface area contributed by atoms with Gasteiger partial charge in [-0.2, -0.15) is 0 Å². The standard InChI is InChI=1S/C28H20BrCl3N2O8/c29-10-33-25(41)27(31)9-17-13(21(28(27,32)26(33)42)16-7-11(30)1-6-18(16)35)4-5-15-20(17)23(38)34(22(15)37)12-2-3-14(24(39)40)19(36)8-12/h1-4,6-8,15,17,20-21,35-36H,5,9-10H2,(H,39,40)/t15-,17+,20-,21+,27+,28-/m0/s1. The average Bonchev–Trinajstić information content (AvgIpc) is 3.27. The van der Waals surface area contributed by atoms with Gasteiger partial charge in [-0.25, -0.2) is 9.69 Å². The van der Waals surface area contributed by atoms with Crippen molar-refractivity contribution in [2.75, 3.05) is 10.4 Å². The number of halogens is 4. The Morgan fingerprint density at radius 1 is 0.976 bits per heavy atom. The Kier molecular flexibility index (Phi) is 6.69. The molecule has 2 aliphatic carbocycles. The largest absolute Gasteiger partial charge is 0.508 e. The van der Waals surface area contributed by atoms with E-state index in [9.17, 15) is 39.3 Å². The lowest BCUT2D eigenvalue weighted by Crippen LogP contribution is -2.60. The highest BCUT2D eigenvalue weighted by atomic mass is 79.9. The van der Waals surface area contributed by atoms with Crippen LogP contribution in [0.25, 0.3) is 0 Å². The Morgan fingerprint density at radius 3 is 2.33 bits per heavy atom. The van der Waals surface area contributed by atoms with Crippen LogP contribution >= 0.6 is 50.7 Å². The molecule has 218 valence electrons. The molecular formula is C28H20BrCl3N2O8. The number of amides is 4. The number of phenols is 2. The number of hydrogen-bond acceptors (Lipinski definition) is 7. The molecule has 6 atom stereocenters. The number of imide groups is 2. The zero-order valence-electron chi connectivity index (χ0n) is 21.3. The predicted molar refractivity (Wildman–Crippen MR) is 154 cm³/mol. The molecule has 0 spiro atoms. The number of nitrogens with zero attached hydrogens (tertiary/aromatic N) is 2. The zero-order chi connectivity index (χ0) is 30.5. The highest BCUT2D eigenvalue weighted by Crippen LogP contribution is 2.66. The topological polar surface area (TPSA) is 153 Å². The SMILES string of the molecule is O=C(O)c1ccc(N2C(=O)[C@H]3[C@H](CC=C4[C@H]3C[C@@]3(Cl)C(=O)N(CBr)C(=O)[C@@]3(Cl)[C@H]4c3cc(Cl)ccc3O)C2=O)cc1O. The third-order valence-corrected chi connectivity index (χ3v) is 10.9. The summed E-state index contributed by atoms with van der Waals surface area (Å²) in [7, 11) is 0. The summed E-state index contributed by atoms with van der Waals surface area (Å²) in [4.78, 5) is 64.0. The maximum absolute atomic E-state index is 14.0. The van der Waals surface area contributed by atoms with Gasteiger partial charge in [-0.15, -0.1) is 23.2 Å². The van der Waals surface area contributed by atoms with Crippen molar-refractivity contribution in [2.45, 2.75) is 28.5 Å². The van der Waals surface area contributed by atoms with Gasteiger partial charge in [0, 0.05) is 22.6 Å². The maximum atomic E-state index is 14.0. The van der Waals surface area contributed by atoms with Gasteiger partial charge in [-0.3, -0.25) is 24.1 Å². The van der Waals surface area contributed by atoms with Crippen LogP contribution in [-0.4, -0.2) is 65.0 Å². The lowest BCUT2D eigenvalue weighted by atomic mass is 9.56. The first-order valence-electron chi connectivity index (χ1n) is 12.7. The van der Waals surface area contributed by atoms with Crippen molar-refractivity contribution in [3.63, 3.8) is 0 Å². The van der Waals surface area contributed by atoms with E-state index in [2.05, 4.69) is 15.9 Å². The summed E-state index contributed by atoms with van der Waals surface area (Å²) in [5.74, 6) is -8.99. The molecule has 4 aliphatic rings. The third kappa shape index (κ3) is 3.66.